The van der Waals surface area contributed by atoms with Crippen LogP contribution >= 0.6 is 0 Å². The highest BCUT2D eigenvalue weighted by atomic mass is 19.4. The molecular formula is C16H21F3N2O3. The molecule has 1 unspecified atom stereocenters. The first kappa shape index (κ1) is 18.4. The summed E-state index contributed by atoms with van der Waals surface area (Å²) in [5.41, 5.74) is 0.417. The van der Waals surface area contributed by atoms with Gasteiger partial charge in [-0.15, -0.1) is 13.2 Å². The summed E-state index contributed by atoms with van der Waals surface area (Å²) in [6, 6.07) is 4.80. The summed E-state index contributed by atoms with van der Waals surface area (Å²) in [7, 11) is 0. The molecule has 1 heterocycles. The lowest BCUT2D eigenvalue weighted by atomic mass is 10.1. The first-order chi connectivity index (χ1) is 11.4. The maximum Gasteiger partial charge on any atom is 0.573 e. The van der Waals surface area contributed by atoms with Gasteiger partial charge in [0.15, 0.2) is 0 Å². The molecule has 0 spiro atoms. The molecule has 1 aromatic rings. The molecule has 0 bridgehead atoms. The van der Waals surface area contributed by atoms with Gasteiger partial charge in [0.05, 0.1) is 6.61 Å². The number of ether oxygens (including phenoxy) is 2. The first-order valence-electron chi connectivity index (χ1n) is 7.87. The Hall–Kier alpha value is -1.96. The molecule has 1 atom stereocenters. The third-order valence-corrected chi connectivity index (χ3v) is 3.61. The van der Waals surface area contributed by atoms with Gasteiger partial charge in [0.2, 0.25) is 0 Å². The van der Waals surface area contributed by atoms with Crippen molar-refractivity contribution in [1.29, 1.82) is 0 Å². The molecule has 1 aliphatic heterocycles. The van der Waals surface area contributed by atoms with Crippen LogP contribution in [-0.2, 0) is 4.74 Å². The highest BCUT2D eigenvalue weighted by Gasteiger charge is 2.31. The number of likely N-dealkylation sites (tertiary alicyclic amines) is 1. The second-order valence-corrected chi connectivity index (χ2v) is 5.68. The Balaban J connectivity index is 1.80. The molecule has 2 rings (SSSR count). The van der Waals surface area contributed by atoms with Crippen molar-refractivity contribution in [2.75, 3.05) is 31.6 Å². The van der Waals surface area contributed by atoms with Gasteiger partial charge in [-0.1, -0.05) is 6.92 Å². The van der Waals surface area contributed by atoms with Crippen molar-refractivity contribution in [2.45, 2.75) is 26.1 Å². The summed E-state index contributed by atoms with van der Waals surface area (Å²) in [5, 5.41) is 2.67. The molecule has 8 heteroatoms. The number of rotatable bonds is 6. The number of urea groups is 1. The van der Waals surface area contributed by atoms with E-state index in [1.807, 2.05) is 6.92 Å². The van der Waals surface area contributed by atoms with E-state index in [1.165, 1.54) is 12.1 Å². The zero-order valence-electron chi connectivity index (χ0n) is 13.4. The average Bonchev–Trinajstić information content (AvgIpc) is 2.97. The average molecular weight is 346 g/mol. The topological polar surface area (TPSA) is 50.8 Å². The smallest absolute Gasteiger partial charge is 0.406 e. The summed E-state index contributed by atoms with van der Waals surface area (Å²) in [4.78, 5) is 13.8. The van der Waals surface area contributed by atoms with Gasteiger partial charge < -0.3 is 19.7 Å². The number of hydrogen-bond acceptors (Lipinski definition) is 3. The monoisotopic (exact) mass is 346 g/mol. The third kappa shape index (κ3) is 5.92. The predicted molar refractivity (Wildman–Crippen MR) is 82.9 cm³/mol. The Kier molecular flexibility index (Phi) is 6.30. The van der Waals surface area contributed by atoms with Crippen LogP contribution in [0.1, 0.15) is 19.8 Å². The molecule has 1 aromatic carbocycles. The number of benzene rings is 1. The van der Waals surface area contributed by atoms with Crippen molar-refractivity contribution in [3.63, 3.8) is 0 Å². The fourth-order valence-corrected chi connectivity index (χ4v) is 2.49. The van der Waals surface area contributed by atoms with Gasteiger partial charge >= 0.3 is 12.4 Å². The molecular weight excluding hydrogens is 325 g/mol. The minimum Gasteiger partial charge on any atom is -0.406 e. The summed E-state index contributed by atoms with van der Waals surface area (Å²) >= 11 is 0. The maximum absolute atomic E-state index is 12.2. The number of amides is 2. The third-order valence-electron chi connectivity index (χ3n) is 3.61. The lowest BCUT2D eigenvalue weighted by molar-refractivity contribution is -0.274. The van der Waals surface area contributed by atoms with Gasteiger partial charge in [0.25, 0.3) is 0 Å². The highest BCUT2D eigenvalue weighted by molar-refractivity contribution is 5.89. The summed E-state index contributed by atoms with van der Waals surface area (Å²) < 4.78 is 45.6. The largest absolute Gasteiger partial charge is 0.573 e. The van der Waals surface area contributed by atoms with E-state index in [2.05, 4.69) is 10.1 Å². The van der Waals surface area contributed by atoms with E-state index in [1.54, 1.807) is 4.90 Å². The maximum atomic E-state index is 12.2. The van der Waals surface area contributed by atoms with Crippen molar-refractivity contribution in [2.24, 2.45) is 5.92 Å². The SMILES string of the molecule is CCCOCC1CCN(C(=O)Nc2ccc(OC(F)(F)F)cc2)C1. The van der Waals surface area contributed by atoms with Gasteiger partial charge in [-0.25, -0.2) is 4.79 Å². The number of alkyl halides is 3. The van der Waals surface area contributed by atoms with Crippen LogP contribution in [0.25, 0.3) is 0 Å². The Bertz CT molecular complexity index is 534. The van der Waals surface area contributed by atoms with Gasteiger partial charge in [-0.2, -0.15) is 0 Å². The van der Waals surface area contributed by atoms with Crippen LogP contribution < -0.4 is 10.1 Å². The second kappa shape index (κ2) is 8.23. The van der Waals surface area contributed by atoms with Crippen LogP contribution in [0.5, 0.6) is 5.75 Å². The predicted octanol–water partition coefficient (Wildman–Crippen LogP) is 3.87. The Morgan fingerprint density at radius 3 is 2.67 bits per heavy atom. The number of anilines is 1. The number of nitrogens with one attached hydrogen (secondary N) is 1. The number of carbonyl (C=O) groups is 1. The molecule has 1 fully saturated rings. The van der Waals surface area contributed by atoms with Gasteiger partial charge in [-0.3, -0.25) is 0 Å². The number of hydrogen-bond donors (Lipinski definition) is 1. The molecule has 1 saturated heterocycles. The van der Waals surface area contributed by atoms with Crippen molar-refractivity contribution in [3.8, 4) is 5.75 Å². The molecule has 1 aliphatic rings. The van der Waals surface area contributed by atoms with Crippen LogP contribution in [0.3, 0.4) is 0 Å². The van der Waals surface area contributed by atoms with Gasteiger partial charge in [0, 0.05) is 31.3 Å². The van der Waals surface area contributed by atoms with Crippen LogP contribution in [0, 0.1) is 5.92 Å². The molecule has 5 nitrogen and oxygen atoms in total. The van der Waals surface area contributed by atoms with E-state index in [-0.39, 0.29) is 11.8 Å². The summed E-state index contributed by atoms with van der Waals surface area (Å²) in [5.74, 6) is -0.000306. The van der Waals surface area contributed by atoms with E-state index in [9.17, 15) is 18.0 Å². The lowest BCUT2D eigenvalue weighted by Gasteiger charge is -2.18. The summed E-state index contributed by atoms with van der Waals surface area (Å²) in [6.07, 6.45) is -2.88. The summed E-state index contributed by atoms with van der Waals surface area (Å²) in [6.45, 7) is 4.65. The van der Waals surface area contributed by atoms with Crippen molar-refractivity contribution >= 4 is 11.7 Å². The van der Waals surface area contributed by atoms with Gasteiger partial charge in [0.1, 0.15) is 5.75 Å². The fraction of sp³-hybridized carbons (Fsp3) is 0.562. The van der Waals surface area contributed by atoms with Crippen LogP contribution in [0.2, 0.25) is 0 Å². The molecule has 2 amide bonds. The minimum atomic E-state index is -4.73. The van der Waals surface area contributed by atoms with Crippen molar-refractivity contribution in [1.82, 2.24) is 4.90 Å². The molecule has 0 aliphatic carbocycles. The van der Waals surface area contributed by atoms with Crippen LogP contribution in [-0.4, -0.2) is 43.6 Å². The standard InChI is InChI=1S/C16H21F3N2O3/c1-2-9-23-11-12-7-8-21(10-12)15(22)20-13-3-5-14(6-4-13)24-16(17,18)19/h3-6,12H,2,7-11H2,1H3,(H,20,22). The number of carbonyl (C=O) groups excluding carboxylic acids is 1. The van der Waals surface area contributed by atoms with Crippen LogP contribution in [0.4, 0.5) is 23.7 Å². The molecule has 134 valence electrons. The van der Waals surface area contributed by atoms with E-state index < -0.39 is 6.36 Å². The van der Waals surface area contributed by atoms with Crippen molar-refractivity contribution < 1.29 is 27.4 Å². The second-order valence-electron chi connectivity index (χ2n) is 5.68. The van der Waals surface area contributed by atoms with E-state index in [0.717, 1.165) is 31.6 Å². The number of halogens is 3. The van der Waals surface area contributed by atoms with E-state index in [0.29, 0.717) is 31.3 Å². The number of nitrogens with zero attached hydrogens (tertiary/aromatic N) is 1. The Labute approximate surface area is 138 Å². The normalized spacial score (nSPS) is 17.8. The van der Waals surface area contributed by atoms with Crippen LogP contribution in [0.15, 0.2) is 24.3 Å². The zero-order valence-corrected chi connectivity index (χ0v) is 13.4. The Morgan fingerprint density at radius 1 is 1.33 bits per heavy atom. The molecule has 0 aromatic heterocycles. The van der Waals surface area contributed by atoms with Gasteiger partial charge in [-0.05, 0) is 37.1 Å². The van der Waals surface area contributed by atoms with E-state index >= 15 is 0 Å². The fourth-order valence-electron chi connectivity index (χ4n) is 2.49. The lowest BCUT2D eigenvalue weighted by Crippen LogP contribution is -2.33. The van der Waals surface area contributed by atoms with Crippen molar-refractivity contribution in [3.05, 3.63) is 24.3 Å². The quantitative estimate of drug-likeness (QED) is 0.796. The molecule has 0 radical (unpaired) electrons. The highest BCUT2D eigenvalue weighted by Crippen LogP contribution is 2.24. The first-order valence-corrected chi connectivity index (χ1v) is 7.87. The van der Waals surface area contributed by atoms with E-state index in [4.69, 9.17) is 4.74 Å². The Morgan fingerprint density at radius 2 is 2.04 bits per heavy atom. The zero-order chi connectivity index (χ0) is 17.6. The molecule has 0 saturated carbocycles. The molecule has 24 heavy (non-hydrogen) atoms. The molecule has 1 N–H and O–H groups in total. The minimum absolute atomic E-state index is 0.266.